The zero-order valence-corrected chi connectivity index (χ0v) is 15.8. The van der Waals surface area contributed by atoms with Crippen molar-refractivity contribution in [3.05, 3.63) is 23.3 Å². The molecule has 0 amide bonds. The molecular weight excluding hydrogens is 322 g/mol. The second-order valence-electron chi connectivity index (χ2n) is 9.52. The standard InChI is InChI=1S/C23H29NO2/c1-22-10-6-19-18-5-3-17(25)14-15(18)2-4-20(19)21(22)7-11-23(22)16(8-12-24)9-13-26-23/h8,14,18-21H,2-7,9-11,13H2,1H3/b16-8+/t18-,19+,20+,21-,22-,23+/m0/s1. The average molecular weight is 351 g/mol. The van der Waals surface area contributed by atoms with Crippen LogP contribution in [-0.4, -0.2) is 18.0 Å². The van der Waals surface area contributed by atoms with E-state index in [1.54, 1.807) is 6.08 Å². The number of ether oxygens (including phenoxy) is 1. The van der Waals surface area contributed by atoms with Crippen LogP contribution in [0.3, 0.4) is 0 Å². The summed E-state index contributed by atoms with van der Waals surface area (Å²) in [5.41, 5.74) is 2.74. The molecule has 0 radical (unpaired) electrons. The predicted octanol–water partition coefficient (Wildman–Crippen LogP) is 4.74. The van der Waals surface area contributed by atoms with E-state index >= 15 is 0 Å². The maximum absolute atomic E-state index is 11.9. The molecule has 0 bridgehead atoms. The van der Waals surface area contributed by atoms with Crippen molar-refractivity contribution in [1.29, 1.82) is 5.26 Å². The lowest BCUT2D eigenvalue weighted by molar-refractivity contribution is -0.118. The molecule has 0 aromatic carbocycles. The summed E-state index contributed by atoms with van der Waals surface area (Å²) < 4.78 is 6.46. The van der Waals surface area contributed by atoms with Crippen LogP contribution in [0.2, 0.25) is 0 Å². The summed E-state index contributed by atoms with van der Waals surface area (Å²) in [5, 5.41) is 9.27. The molecule has 0 N–H and O–H groups in total. The van der Waals surface area contributed by atoms with Crippen LogP contribution < -0.4 is 0 Å². The molecule has 4 fully saturated rings. The molecule has 26 heavy (non-hydrogen) atoms. The van der Waals surface area contributed by atoms with E-state index in [9.17, 15) is 10.1 Å². The normalized spacial score (nSPS) is 48.7. The molecule has 4 aliphatic carbocycles. The van der Waals surface area contributed by atoms with Gasteiger partial charge in [-0.1, -0.05) is 12.5 Å². The first-order valence-electron chi connectivity index (χ1n) is 10.6. The van der Waals surface area contributed by atoms with Crippen LogP contribution in [0.5, 0.6) is 0 Å². The van der Waals surface area contributed by atoms with E-state index in [0.29, 0.717) is 17.6 Å². The van der Waals surface area contributed by atoms with Gasteiger partial charge in [-0.25, -0.2) is 0 Å². The maximum Gasteiger partial charge on any atom is 0.155 e. The van der Waals surface area contributed by atoms with Crippen molar-refractivity contribution in [3.63, 3.8) is 0 Å². The summed E-state index contributed by atoms with van der Waals surface area (Å²) in [7, 11) is 0. The van der Waals surface area contributed by atoms with Crippen molar-refractivity contribution in [3.8, 4) is 6.07 Å². The molecular formula is C23H29NO2. The van der Waals surface area contributed by atoms with Crippen molar-refractivity contribution in [2.24, 2.45) is 29.1 Å². The van der Waals surface area contributed by atoms with Gasteiger partial charge in [0.25, 0.3) is 0 Å². The lowest BCUT2D eigenvalue weighted by Crippen LogP contribution is -2.53. The minimum atomic E-state index is -0.170. The number of ketones is 1. The second-order valence-corrected chi connectivity index (χ2v) is 9.52. The van der Waals surface area contributed by atoms with Crippen molar-refractivity contribution in [2.75, 3.05) is 6.61 Å². The van der Waals surface area contributed by atoms with Gasteiger partial charge < -0.3 is 4.74 Å². The quantitative estimate of drug-likeness (QED) is 0.592. The minimum absolute atomic E-state index is 0.170. The number of hydrogen-bond acceptors (Lipinski definition) is 3. The van der Waals surface area contributed by atoms with Crippen LogP contribution in [0.4, 0.5) is 0 Å². The Bertz CT molecular complexity index is 744. The number of nitriles is 1. The highest BCUT2D eigenvalue weighted by Gasteiger charge is 2.65. The van der Waals surface area contributed by atoms with E-state index in [4.69, 9.17) is 4.74 Å². The molecule has 0 aromatic heterocycles. The number of allylic oxidation sites excluding steroid dienone is 2. The fourth-order valence-electron chi connectivity index (χ4n) is 7.84. The Labute approximate surface area is 156 Å². The molecule has 5 rings (SSSR count). The highest BCUT2D eigenvalue weighted by atomic mass is 16.5. The lowest BCUT2D eigenvalue weighted by atomic mass is 9.50. The Kier molecular flexibility index (Phi) is 3.73. The van der Waals surface area contributed by atoms with Gasteiger partial charge in [-0.2, -0.15) is 5.26 Å². The molecule has 1 saturated heterocycles. The molecule has 3 saturated carbocycles. The molecule has 138 valence electrons. The topological polar surface area (TPSA) is 50.1 Å². The van der Waals surface area contributed by atoms with Crippen LogP contribution in [-0.2, 0) is 9.53 Å². The third-order valence-corrected chi connectivity index (χ3v) is 8.90. The van der Waals surface area contributed by atoms with Crippen LogP contribution >= 0.6 is 0 Å². The molecule has 3 heteroatoms. The summed E-state index contributed by atoms with van der Waals surface area (Å²) >= 11 is 0. The fraction of sp³-hybridized carbons (Fsp3) is 0.739. The Morgan fingerprint density at radius 1 is 1.15 bits per heavy atom. The van der Waals surface area contributed by atoms with Gasteiger partial charge in [-0.3, -0.25) is 4.79 Å². The largest absolute Gasteiger partial charge is 0.370 e. The van der Waals surface area contributed by atoms with Gasteiger partial charge in [0.1, 0.15) is 0 Å². The highest BCUT2D eigenvalue weighted by molar-refractivity contribution is 5.91. The number of carbonyl (C=O) groups excluding carboxylic acids is 1. The monoisotopic (exact) mass is 351 g/mol. The molecule has 1 aliphatic heterocycles. The van der Waals surface area contributed by atoms with E-state index < -0.39 is 0 Å². The molecule has 5 aliphatic rings. The van der Waals surface area contributed by atoms with Gasteiger partial charge in [-0.05, 0) is 86.7 Å². The lowest BCUT2D eigenvalue weighted by Gasteiger charge is -2.56. The van der Waals surface area contributed by atoms with Crippen molar-refractivity contribution >= 4 is 5.78 Å². The first-order chi connectivity index (χ1) is 12.6. The summed E-state index contributed by atoms with van der Waals surface area (Å²) in [6.07, 6.45) is 13.7. The molecule has 3 nitrogen and oxygen atoms in total. The maximum atomic E-state index is 11.9. The molecule has 1 spiro atoms. The van der Waals surface area contributed by atoms with Crippen LogP contribution in [0.1, 0.15) is 64.7 Å². The first kappa shape index (κ1) is 16.8. The number of rotatable bonds is 0. The minimum Gasteiger partial charge on any atom is -0.370 e. The van der Waals surface area contributed by atoms with Gasteiger partial charge in [-0.15, -0.1) is 0 Å². The number of hydrogen-bond donors (Lipinski definition) is 0. The first-order valence-corrected chi connectivity index (χ1v) is 10.6. The van der Waals surface area contributed by atoms with Gasteiger partial charge in [0.2, 0.25) is 0 Å². The van der Waals surface area contributed by atoms with Gasteiger partial charge in [0, 0.05) is 17.9 Å². The molecule has 0 aromatic rings. The zero-order valence-electron chi connectivity index (χ0n) is 15.8. The van der Waals surface area contributed by atoms with Gasteiger partial charge in [0.05, 0.1) is 18.3 Å². The zero-order chi connectivity index (χ0) is 17.9. The van der Waals surface area contributed by atoms with Crippen molar-refractivity contribution in [1.82, 2.24) is 0 Å². The fourth-order valence-corrected chi connectivity index (χ4v) is 7.84. The number of fused-ring (bicyclic) bond motifs is 6. The molecule has 0 unspecified atom stereocenters. The average Bonchev–Trinajstić information content (AvgIpc) is 3.18. The van der Waals surface area contributed by atoms with Crippen molar-refractivity contribution in [2.45, 2.75) is 70.3 Å². The summed E-state index contributed by atoms with van der Waals surface area (Å²) in [5.74, 6) is 3.25. The van der Waals surface area contributed by atoms with E-state index in [0.717, 1.165) is 50.5 Å². The highest BCUT2D eigenvalue weighted by Crippen LogP contribution is 2.68. The van der Waals surface area contributed by atoms with E-state index in [-0.39, 0.29) is 11.0 Å². The predicted molar refractivity (Wildman–Crippen MR) is 99.1 cm³/mol. The third kappa shape index (κ3) is 2.06. The van der Waals surface area contributed by atoms with E-state index in [2.05, 4.69) is 13.0 Å². The Hall–Kier alpha value is -1.40. The van der Waals surface area contributed by atoms with Gasteiger partial charge in [0.15, 0.2) is 5.78 Å². The van der Waals surface area contributed by atoms with Crippen molar-refractivity contribution < 1.29 is 9.53 Å². The number of nitrogens with zero attached hydrogens (tertiary/aromatic N) is 1. The van der Waals surface area contributed by atoms with Crippen LogP contribution in [0, 0.1) is 40.4 Å². The Morgan fingerprint density at radius 2 is 2.04 bits per heavy atom. The summed E-state index contributed by atoms with van der Waals surface area (Å²) in [6, 6.07) is 2.29. The summed E-state index contributed by atoms with van der Waals surface area (Å²) in [4.78, 5) is 11.9. The van der Waals surface area contributed by atoms with Gasteiger partial charge >= 0.3 is 0 Å². The Morgan fingerprint density at radius 3 is 2.88 bits per heavy atom. The second kappa shape index (κ2) is 5.80. The third-order valence-electron chi connectivity index (χ3n) is 8.90. The van der Waals surface area contributed by atoms with E-state index in [1.165, 1.54) is 36.8 Å². The van der Waals surface area contributed by atoms with E-state index in [1.807, 2.05) is 6.08 Å². The molecule has 1 heterocycles. The smallest absolute Gasteiger partial charge is 0.155 e. The van der Waals surface area contributed by atoms with Crippen LogP contribution in [0.15, 0.2) is 23.3 Å². The molecule has 6 atom stereocenters. The summed E-state index contributed by atoms with van der Waals surface area (Å²) in [6.45, 7) is 3.24. The number of carbonyl (C=O) groups is 1. The van der Waals surface area contributed by atoms with Crippen LogP contribution in [0.25, 0.3) is 0 Å². The SMILES string of the molecule is C[C@]12CC[C@H]3[C@@H](CCC4=CC(=O)CC[C@@H]43)[C@@H]1CC[C@]21OCC/C1=C\C#N. The Balaban J connectivity index is 1.48.